The Hall–Kier alpha value is -1.39. The Balaban J connectivity index is 2.12. The van der Waals surface area contributed by atoms with Crippen LogP contribution in [0.15, 0.2) is 16.5 Å². The summed E-state index contributed by atoms with van der Waals surface area (Å²) in [5.74, 6) is 0.507. The summed E-state index contributed by atoms with van der Waals surface area (Å²) >= 11 is 0. The summed E-state index contributed by atoms with van der Waals surface area (Å²) in [7, 11) is 0. The maximum Gasteiger partial charge on any atom is 0.196 e. The van der Waals surface area contributed by atoms with E-state index >= 15 is 0 Å². The molecule has 1 aliphatic rings. The van der Waals surface area contributed by atoms with E-state index in [1.165, 1.54) is 17.0 Å². The Kier molecular flexibility index (Phi) is 2.23. The van der Waals surface area contributed by atoms with Crippen molar-refractivity contribution in [2.24, 2.45) is 0 Å². The number of alkyl halides is 2. The molecule has 0 aromatic carbocycles. The van der Waals surface area contributed by atoms with Gasteiger partial charge in [-0.1, -0.05) is 0 Å². The highest BCUT2D eigenvalue weighted by atomic mass is 19.2. The lowest BCUT2D eigenvalue weighted by Gasteiger charge is -2.12. The highest BCUT2D eigenvalue weighted by Gasteiger charge is 2.34. The van der Waals surface area contributed by atoms with Crippen molar-refractivity contribution in [3.8, 4) is 0 Å². The summed E-state index contributed by atoms with van der Waals surface area (Å²) < 4.78 is 30.7. The molecule has 5 heteroatoms. The van der Waals surface area contributed by atoms with Crippen LogP contribution in [0, 0.1) is 0 Å². The second kappa shape index (κ2) is 3.40. The van der Waals surface area contributed by atoms with Crippen LogP contribution in [0.2, 0.25) is 0 Å². The van der Waals surface area contributed by atoms with Gasteiger partial charge in [0.2, 0.25) is 0 Å². The number of carbonyl (C=O) groups is 1. The first kappa shape index (κ1) is 9.18. The first-order valence-corrected chi connectivity index (χ1v) is 4.29. The van der Waals surface area contributed by atoms with Crippen LogP contribution in [-0.4, -0.2) is 31.7 Å². The molecular weight excluding hydrogens is 192 g/mol. The lowest BCUT2D eigenvalue weighted by Crippen LogP contribution is -2.19. The largest absolute Gasteiger partial charge is 0.438 e. The monoisotopic (exact) mass is 201 g/mol. The van der Waals surface area contributed by atoms with Crippen LogP contribution in [0.4, 0.5) is 14.7 Å². The summed E-state index contributed by atoms with van der Waals surface area (Å²) in [6.45, 7) is -0.0417. The quantitative estimate of drug-likeness (QED) is 0.681. The van der Waals surface area contributed by atoms with Crippen molar-refractivity contribution < 1.29 is 18.0 Å². The third kappa shape index (κ3) is 1.49. The zero-order chi connectivity index (χ0) is 10.1. The maximum atomic E-state index is 12.8. The van der Waals surface area contributed by atoms with Gasteiger partial charge in [-0.25, -0.2) is 8.78 Å². The van der Waals surface area contributed by atoms with Crippen LogP contribution in [-0.2, 0) is 0 Å². The molecule has 0 unspecified atom stereocenters. The van der Waals surface area contributed by atoms with Gasteiger partial charge in [0.15, 0.2) is 30.3 Å². The van der Waals surface area contributed by atoms with Gasteiger partial charge in [-0.15, -0.1) is 0 Å². The van der Waals surface area contributed by atoms with Crippen molar-refractivity contribution in [3.63, 3.8) is 0 Å². The average Bonchev–Trinajstić information content (AvgIpc) is 2.74. The fourth-order valence-electron chi connectivity index (χ4n) is 1.48. The van der Waals surface area contributed by atoms with Gasteiger partial charge in [-0.2, -0.15) is 0 Å². The number of furan rings is 1. The molecule has 1 saturated heterocycles. The first-order valence-electron chi connectivity index (χ1n) is 4.29. The van der Waals surface area contributed by atoms with Crippen LogP contribution < -0.4 is 4.90 Å². The smallest absolute Gasteiger partial charge is 0.196 e. The van der Waals surface area contributed by atoms with Crippen molar-refractivity contribution >= 4 is 12.2 Å². The molecule has 14 heavy (non-hydrogen) atoms. The molecule has 1 aliphatic heterocycles. The number of nitrogens with zero attached hydrogens (tertiary/aromatic N) is 1. The second-order valence-corrected chi connectivity index (χ2v) is 3.23. The van der Waals surface area contributed by atoms with Crippen LogP contribution in [0.3, 0.4) is 0 Å². The van der Waals surface area contributed by atoms with Crippen molar-refractivity contribution in [2.75, 3.05) is 18.0 Å². The van der Waals surface area contributed by atoms with Crippen molar-refractivity contribution in [2.45, 2.75) is 12.3 Å². The molecular formula is C9H9F2NO2. The van der Waals surface area contributed by atoms with Crippen LogP contribution in [0.5, 0.6) is 0 Å². The summed E-state index contributed by atoms with van der Waals surface area (Å²) in [6.07, 6.45) is -2.39. The van der Waals surface area contributed by atoms with Gasteiger partial charge in [0.1, 0.15) is 0 Å². The summed E-state index contributed by atoms with van der Waals surface area (Å²) in [5, 5.41) is 0. The molecule has 2 heterocycles. The number of carbonyl (C=O) groups excluding carboxylic acids is 1. The standard InChI is InChI=1S/C9H9F2NO2/c10-7-3-12(4-8(7)11)9-2-1-6(5-13)14-9/h1-2,5,7-8H,3-4H2/t7-,8+. The van der Waals surface area contributed by atoms with Gasteiger partial charge in [0, 0.05) is 6.07 Å². The molecule has 0 N–H and O–H groups in total. The number of hydrogen-bond acceptors (Lipinski definition) is 3. The van der Waals surface area contributed by atoms with Gasteiger partial charge < -0.3 is 9.32 Å². The van der Waals surface area contributed by atoms with Gasteiger partial charge in [0.05, 0.1) is 13.1 Å². The zero-order valence-corrected chi connectivity index (χ0v) is 7.32. The number of anilines is 1. The van der Waals surface area contributed by atoms with E-state index in [4.69, 9.17) is 4.42 Å². The fraction of sp³-hybridized carbons (Fsp3) is 0.444. The van der Waals surface area contributed by atoms with E-state index in [1.807, 2.05) is 0 Å². The molecule has 2 atom stereocenters. The SMILES string of the molecule is O=Cc1ccc(N2C[C@@H](F)[C@@H](F)C2)o1. The minimum atomic E-state index is -1.47. The molecule has 3 nitrogen and oxygen atoms in total. The van der Waals surface area contributed by atoms with Gasteiger partial charge >= 0.3 is 0 Å². The first-order chi connectivity index (χ1) is 6.70. The van der Waals surface area contributed by atoms with E-state index in [2.05, 4.69) is 0 Å². The van der Waals surface area contributed by atoms with Crippen molar-refractivity contribution in [1.82, 2.24) is 0 Å². The Morgan fingerprint density at radius 1 is 1.36 bits per heavy atom. The van der Waals surface area contributed by atoms with E-state index in [9.17, 15) is 13.6 Å². The third-order valence-corrected chi connectivity index (χ3v) is 2.22. The maximum absolute atomic E-state index is 12.8. The van der Waals surface area contributed by atoms with E-state index < -0.39 is 12.3 Å². The number of hydrogen-bond donors (Lipinski definition) is 0. The normalized spacial score (nSPS) is 26.9. The highest BCUT2D eigenvalue weighted by Crippen LogP contribution is 2.25. The van der Waals surface area contributed by atoms with Crippen LogP contribution in [0.25, 0.3) is 0 Å². The summed E-state index contributed by atoms with van der Waals surface area (Å²) in [5.41, 5.74) is 0. The lowest BCUT2D eigenvalue weighted by atomic mass is 10.3. The predicted molar refractivity (Wildman–Crippen MR) is 46.1 cm³/mol. The Bertz CT molecular complexity index is 329. The molecule has 2 rings (SSSR count). The zero-order valence-electron chi connectivity index (χ0n) is 7.32. The molecule has 0 bridgehead atoms. The highest BCUT2D eigenvalue weighted by molar-refractivity contribution is 5.71. The molecule has 0 aliphatic carbocycles. The van der Waals surface area contributed by atoms with E-state index in [1.54, 1.807) is 0 Å². The topological polar surface area (TPSA) is 33.5 Å². The second-order valence-electron chi connectivity index (χ2n) is 3.23. The minimum Gasteiger partial charge on any atom is -0.438 e. The van der Waals surface area contributed by atoms with Crippen LogP contribution >= 0.6 is 0 Å². The number of rotatable bonds is 2. The van der Waals surface area contributed by atoms with Crippen LogP contribution in [0.1, 0.15) is 10.6 Å². The Morgan fingerprint density at radius 3 is 2.50 bits per heavy atom. The van der Waals surface area contributed by atoms with E-state index in [0.29, 0.717) is 12.2 Å². The predicted octanol–water partition coefficient (Wildman–Crippen LogP) is 1.59. The van der Waals surface area contributed by atoms with E-state index in [0.717, 1.165) is 0 Å². The molecule has 1 aromatic heterocycles. The molecule has 1 fully saturated rings. The molecule has 76 valence electrons. The van der Waals surface area contributed by atoms with Gasteiger partial charge in [0.25, 0.3) is 0 Å². The summed E-state index contributed by atoms with van der Waals surface area (Å²) in [4.78, 5) is 11.7. The third-order valence-electron chi connectivity index (χ3n) is 2.22. The van der Waals surface area contributed by atoms with Gasteiger partial charge in [-0.3, -0.25) is 4.79 Å². The lowest BCUT2D eigenvalue weighted by molar-refractivity contribution is 0.110. The molecule has 1 aromatic rings. The fourth-order valence-corrected chi connectivity index (χ4v) is 1.48. The number of halogens is 2. The molecule has 0 amide bonds. The average molecular weight is 201 g/mol. The molecule has 0 spiro atoms. The Labute approximate surface area is 79.3 Å². The number of aldehydes is 1. The van der Waals surface area contributed by atoms with E-state index in [-0.39, 0.29) is 18.8 Å². The molecule has 0 radical (unpaired) electrons. The van der Waals surface area contributed by atoms with Gasteiger partial charge in [-0.05, 0) is 6.07 Å². The summed E-state index contributed by atoms with van der Waals surface area (Å²) in [6, 6.07) is 3.01. The Morgan fingerprint density at radius 2 is 2.00 bits per heavy atom. The molecule has 0 saturated carbocycles. The van der Waals surface area contributed by atoms with Crippen molar-refractivity contribution in [3.05, 3.63) is 17.9 Å². The van der Waals surface area contributed by atoms with Crippen molar-refractivity contribution in [1.29, 1.82) is 0 Å². The minimum absolute atomic E-state index is 0.0209.